The lowest BCUT2D eigenvalue weighted by Gasteiger charge is -2.08. The van der Waals surface area contributed by atoms with Gasteiger partial charge in [-0.3, -0.25) is 0 Å². The first-order valence-corrected chi connectivity index (χ1v) is 21.0. The van der Waals surface area contributed by atoms with Crippen molar-refractivity contribution in [3.8, 4) is 44.5 Å². The van der Waals surface area contributed by atoms with E-state index in [0.717, 1.165) is 112 Å². The fourth-order valence-corrected chi connectivity index (χ4v) is 8.37. The molecule has 0 amide bonds. The largest absolute Gasteiger partial charge is 0.354 e. The minimum absolute atomic E-state index is 0.669. The van der Waals surface area contributed by atoms with Crippen LogP contribution in [0.5, 0.6) is 0 Å². The first-order valence-electron chi connectivity index (χ1n) is 18.5. The van der Waals surface area contributed by atoms with Gasteiger partial charge in [0.15, 0.2) is 0 Å². The topological polar surface area (TPSA) is 57.4 Å². The van der Waals surface area contributed by atoms with Crippen molar-refractivity contribution in [2.24, 2.45) is 0 Å². The summed E-state index contributed by atoms with van der Waals surface area (Å²) >= 11 is 18.1. The lowest BCUT2D eigenvalue weighted by molar-refractivity contribution is 1.31. The van der Waals surface area contributed by atoms with E-state index in [2.05, 4.69) is 206 Å². The van der Waals surface area contributed by atoms with E-state index < -0.39 is 0 Å². The molecule has 2 aliphatic rings. The summed E-state index contributed by atoms with van der Waals surface area (Å²) < 4.78 is 0. The van der Waals surface area contributed by atoms with Crippen LogP contribution in [0.25, 0.3) is 90.9 Å². The number of aromatic nitrogens is 4. The van der Waals surface area contributed by atoms with Gasteiger partial charge in [0, 0.05) is 67.3 Å². The Morgan fingerprint density at radius 3 is 0.714 bits per heavy atom. The van der Waals surface area contributed by atoms with Gasteiger partial charge in [0.05, 0.1) is 22.8 Å². The molecule has 0 radical (unpaired) electrons. The van der Waals surface area contributed by atoms with Gasteiger partial charge in [-0.05, 0) is 93.1 Å². The fraction of sp³-hybridized carbons (Fsp3) is 0.0833. The molecular weight excluding hydrogens is 761 g/mol. The quantitative estimate of drug-likeness (QED) is 0.0868. The third-order valence-corrected chi connectivity index (χ3v) is 11.9. The zero-order valence-electron chi connectivity index (χ0n) is 30.4. The van der Waals surface area contributed by atoms with Crippen LogP contribution >= 0.6 is 50.5 Å². The molecule has 0 unspecified atom stereocenters. The van der Waals surface area contributed by atoms with E-state index in [1.54, 1.807) is 0 Å². The van der Waals surface area contributed by atoms with Crippen LogP contribution < -0.4 is 0 Å². The molecule has 8 heteroatoms. The molecule has 5 heterocycles. The van der Waals surface area contributed by atoms with Crippen LogP contribution in [-0.4, -0.2) is 19.9 Å². The van der Waals surface area contributed by atoms with Gasteiger partial charge in [-0.15, -0.1) is 0 Å². The Hall–Kier alpha value is -5.12. The third-order valence-electron chi connectivity index (χ3n) is 10.5. The van der Waals surface area contributed by atoms with E-state index in [4.69, 9.17) is 9.97 Å². The maximum atomic E-state index is 5.43. The summed E-state index contributed by atoms with van der Waals surface area (Å²) in [5.74, 6) is 2.68. The third kappa shape index (κ3) is 6.96. The Labute approximate surface area is 348 Å². The maximum absolute atomic E-state index is 5.43. The van der Waals surface area contributed by atoms with E-state index in [-0.39, 0.29) is 0 Å². The summed E-state index contributed by atoms with van der Waals surface area (Å²) in [6.07, 6.45) is 8.53. The number of hydrogen-bond acceptors (Lipinski definition) is 6. The van der Waals surface area contributed by atoms with Crippen molar-refractivity contribution in [1.82, 2.24) is 19.9 Å². The zero-order chi connectivity index (χ0) is 38.2. The van der Waals surface area contributed by atoms with E-state index in [1.807, 2.05) is 0 Å². The molecule has 8 bridgehead atoms. The van der Waals surface area contributed by atoms with E-state index in [0.29, 0.717) is 23.0 Å². The zero-order valence-corrected chi connectivity index (χ0v) is 33.9. The van der Waals surface area contributed by atoms with Gasteiger partial charge in [-0.2, -0.15) is 50.5 Å². The van der Waals surface area contributed by atoms with Gasteiger partial charge >= 0.3 is 0 Å². The summed E-state index contributed by atoms with van der Waals surface area (Å²) in [6.45, 7) is 0. The molecule has 274 valence electrons. The monoisotopic (exact) mass is 798 g/mol. The van der Waals surface area contributed by atoms with E-state index in [9.17, 15) is 0 Å². The second-order valence-electron chi connectivity index (χ2n) is 13.9. The minimum Gasteiger partial charge on any atom is -0.354 e. The molecular formula is C48H38N4S4. The van der Waals surface area contributed by atoms with Gasteiger partial charge in [0.2, 0.25) is 0 Å². The molecule has 0 saturated carbocycles. The minimum atomic E-state index is 0.669. The summed E-state index contributed by atoms with van der Waals surface area (Å²) in [5, 5.41) is 0. The Balaban J connectivity index is 1.44. The average molecular weight is 799 g/mol. The Bertz CT molecular complexity index is 2430. The van der Waals surface area contributed by atoms with Gasteiger partial charge in [0.1, 0.15) is 0 Å². The van der Waals surface area contributed by atoms with Crippen molar-refractivity contribution in [2.75, 3.05) is 0 Å². The molecule has 2 N–H and O–H groups in total. The molecule has 0 aliphatic carbocycles. The molecule has 4 aromatic carbocycles. The first kappa shape index (κ1) is 36.5. The SMILES string of the molecule is SCc1ccc(-c2c3nc(c(-c4ccc(CS)cc4)c4ccc([nH]4)c(-c4ccc(CS)cc4)c4nc(c(-c5ccc(CS)cc5)c5ccc2[nH]5)C=C4)C=C3)cc1. The summed E-state index contributed by atoms with van der Waals surface area (Å²) in [6, 6.07) is 43.1. The number of H-pyrrole nitrogens is 2. The van der Waals surface area contributed by atoms with Gasteiger partial charge in [0.25, 0.3) is 0 Å². The molecule has 3 aromatic heterocycles. The van der Waals surface area contributed by atoms with Crippen molar-refractivity contribution in [3.63, 3.8) is 0 Å². The second kappa shape index (κ2) is 15.8. The summed E-state index contributed by atoms with van der Waals surface area (Å²) in [7, 11) is 0. The summed E-state index contributed by atoms with van der Waals surface area (Å²) in [4.78, 5) is 18.5. The van der Waals surface area contributed by atoms with Crippen LogP contribution in [0.15, 0.2) is 121 Å². The molecule has 0 atom stereocenters. The van der Waals surface area contributed by atoms with Crippen molar-refractivity contribution in [1.29, 1.82) is 0 Å². The molecule has 4 nitrogen and oxygen atoms in total. The lowest BCUT2D eigenvalue weighted by Crippen LogP contribution is -1.90. The number of thiol groups is 4. The molecule has 7 aromatic rings. The predicted octanol–water partition coefficient (Wildman–Crippen LogP) is 13.0. The number of nitrogens with one attached hydrogen (secondary N) is 2. The van der Waals surface area contributed by atoms with Gasteiger partial charge in [-0.25, -0.2) is 9.97 Å². The highest BCUT2D eigenvalue weighted by Gasteiger charge is 2.19. The van der Waals surface area contributed by atoms with E-state index in [1.165, 1.54) is 0 Å². The molecule has 0 fully saturated rings. The van der Waals surface area contributed by atoms with Crippen LogP contribution in [0.4, 0.5) is 0 Å². The molecule has 56 heavy (non-hydrogen) atoms. The smallest absolute Gasteiger partial charge is 0.0737 e. The number of aromatic amines is 2. The highest BCUT2D eigenvalue weighted by molar-refractivity contribution is 7.79. The lowest BCUT2D eigenvalue weighted by atomic mass is 10.0. The van der Waals surface area contributed by atoms with Crippen molar-refractivity contribution in [3.05, 3.63) is 166 Å². The van der Waals surface area contributed by atoms with Gasteiger partial charge in [-0.1, -0.05) is 97.1 Å². The van der Waals surface area contributed by atoms with Gasteiger partial charge < -0.3 is 9.97 Å². The number of benzene rings is 4. The van der Waals surface area contributed by atoms with Crippen LogP contribution in [0.1, 0.15) is 45.0 Å². The summed E-state index contributed by atoms with van der Waals surface area (Å²) in [5.41, 5.74) is 20.3. The van der Waals surface area contributed by atoms with Crippen LogP contribution in [0.2, 0.25) is 0 Å². The Morgan fingerprint density at radius 2 is 0.518 bits per heavy atom. The fourth-order valence-electron chi connectivity index (χ4n) is 7.53. The molecule has 9 rings (SSSR count). The maximum Gasteiger partial charge on any atom is 0.0737 e. The van der Waals surface area contributed by atoms with Crippen LogP contribution in [0, 0.1) is 0 Å². The highest BCUT2D eigenvalue weighted by Crippen LogP contribution is 2.39. The molecule has 2 aliphatic heterocycles. The number of rotatable bonds is 8. The highest BCUT2D eigenvalue weighted by atomic mass is 32.1. The Kier molecular flexibility index (Phi) is 10.3. The van der Waals surface area contributed by atoms with Crippen LogP contribution in [-0.2, 0) is 23.0 Å². The number of fused-ring (bicyclic) bond motifs is 8. The normalized spacial score (nSPS) is 12.1. The Morgan fingerprint density at radius 1 is 0.304 bits per heavy atom. The van der Waals surface area contributed by atoms with Crippen molar-refractivity contribution >= 4 is 96.9 Å². The second-order valence-corrected chi connectivity index (χ2v) is 15.2. The number of nitrogens with zero attached hydrogens (tertiary/aromatic N) is 2. The first-order chi connectivity index (χ1) is 27.5. The molecule has 0 spiro atoms. The van der Waals surface area contributed by atoms with Crippen molar-refractivity contribution in [2.45, 2.75) is 23.0 Å². The van der Waals surface area contributed by atoms with E-state index >= 15 is 0 Å². The average Bonchev–Trinajstić information content (AvgIpc) is 4.10. The van der Waals surface area contributed by atoms with Crippen molar-refractivity contribution < 1.29 is 0 Å². The predicted molar refractivity (Wildman–Crippen MR) is 251 cm³/mol. The standard InChI is InChI=1S/C48H38N4S4/c53-25-29-1-9-33(10-2-29)45-37-17-19-39(49-37)46(34-11-3-30(26-54)4-12-34)41-21-23-43(51-41)48(36-15-7-32(28-56)8-16-36)44-24-22-42(52-44)47(40-20-18-38(45)50-40)35-13-5-31(27-55)6-14-35/h1-24,49,52-56H,25-28H2. The number of hydrogen-bond donors (Lipinski definition) is 6. The van der Waals surface area contributed by atoms with Crippen LogP contribution in [0.3, 0.4) is 0 Å². The molecule has 0 saturated heterocycles.